The lowest BCUT2D eigenvalue weighted by molar-refractivity contribution is -0.356. The molecule has 0 aromatic rings. The molecule has 0 radical (unpaired) electrons. The third kappa shape index (κ3) is 6.51. The highest BCUT2D eigenvalue weighted by Gasteiger charge is 2.76. The van der Waals surface area contributed by atoms with Crippen LogP contribution in [0, 0.1) is 5.41 Å². The van der Waals surface area contributed by atoms with Crippen LogP contribution in [-0.4, -0.2) is 59.3 Å². The second-order valence-corrected chi connectivity index (χ2v) is 8.63. The van der Waals surface area contributed by atoms with E-state index in [0.29, 0.717) is 19.3 Å². The SMILES string of the molecule is CCC1(OC(=O)COC(=O)C(O)(C(F)(F)F)C(F)(F)F)CCC(OC(=O)C(C)(C)CC)CC1. The summed E-state index contributed by atoms with van der Waals surface area (Å²) in [5.74, 6) is -4.84. The Kier molecular flexibility index (Phi) is 8.84. The van der Waals surface area contributed by atoms with Crippen LogP contribution in [0.1, 0.15) is 66.2 Å². The lowest BCUT2D eigenvalue weighted by Crippen LogP contribution is -2.63. The molecular weight excluding hydrogens is 466 g/mol. The van der Waals surface area contributed by atoms with Crippen molar-refractivity contribution in [2.45, 2.75) is 95.9 Å². The predicted molar refractivity (Wildman–Crippen MR) is 99.6 cm³/mol. The van der Waals surface area contributed by atoms with Gasteiger partial charge in [0.1, 0.15) is 11.7 Å². The first-order valence-corrected chi connectivity index (χ1v) is 10.3. The number of carbonyl (C=O) groups excluding carboxylic acids is 3. The van der Waals surface area contributed by atoms with Crippen molar-refractivity contribution in [2.75, 3.05) is 6.61 Å². The fourth-order valence-electron chi connectivity index (χ4n) is 3.11. The molecule has 1 aliphatic rings. The van der Waals surface area contributed by atoms with E-state index in [2.05, 4.69) is 4.74 Å². The molecule has 33 heavy (non-hydrogen) atoms. The molecule has 0 spiro atoms. The van der Waals surface area contributed by atoms with Gasteiger partial charge >= 0.3 is 35.9 Å². The van der Waals surface area contributed by atoms with Crippen LogP contribution in [0.2, 0.25) is 0 Å². The molecule has 1 aliphatic carbocycles. The molecule has 0 amide bonds. The van der Waals surface area contributed by atoms with Crippen LogP contribution >= 0.6 is 0 Å². The first kappa shape index (κ1) is 29.0. The Balaban J connectivity index is 2.72. The average molecular weight is 494 g/mol. The summed E-state index contributed by atoms with van der Waals surface area (Å²) < 4.78 is 90.5. The summed E-state index contributed by atoms with van der Waals surface area (Å²) in [6.07, 6.45) is -11.4. The monoisotopic (exact) mass is 494 g/mol. The molecule has 0 bridgehead atoms. The fourth-order valence-corrected chi connectivity index (χ4v) is 3.11. The van der Waals surface area contributed by atoms with E-state index in [1.807, 2.05) is 6.92 Å². The third-order valence-electron chi connectivity index (χ3n) is 5.97. The van der Waals surface area contributed by atoms with Crippen LogP contribution in [0.25, 0.3) is 0 Å². The van der Waals surface area contributed by atoms with Gasteiger partial charge in [0.2, 0.25) is 0 Å². The number of aliphatic hydroxyl groups is 1. The molecule has 0 aromatic heterocycles. The van der Waals surface area contributed by atoms with Crippen LogP contribution in [0.4, 0.5) is 26.3 Å². The molecule has 0 unspecified atom stereocenters. The summed E-state index contributed by atoms with van der Waals surface area (Å²) in [7, 11) is 0. The maximum atomic E-state index is 12.7. The second kappa shape index (κ2) is 10.1. The third-order valence-corrected chi connectivity index (χ3v) is 5.97. The molecule has 1 fully saturated rings. The highest BCUT2D eigenvalue weighted by Crippen LogP contribution is 2.44. The highest BCUT2D eigenvalue weighted by molar-refractivity contribution is 5.84. The molecule has 0 saturated heterocycles. The summed E-state index contributed by atoms with van der Waals surface area (Å²) in [6.45, 7) is 5.39. The molecule has 0 aromatic carbocycles. The van der Waals surface area contributed by atoms with Crippen molar-refractivity contribution in [3.05, 3.63) is 0 Å². The largest absolute Gasteiger partial charge is 0.462 e. The number of halogens is 6. The number of hydrogen-bond donors (Lipinski definition) is 1. The van der Waals surface area contributed by atoms with E-state index in [0.717, 1.165) is 0 Å². The standard InChI is InChI=1S/C20H28F6O7/c1-5-16(3,4)14(28)32-12-7-9-17(6-2,10-8-12)33-13(27)11-31-15(29)18(30,19(21,22)23)20(24,25)26/h12,30H,5-11H2,1-4H3. The molecule has 1 N–H and O–H groups in total. The van der Waals surface area contributed by atoms with E-state index in [-0.39, 0.29) is 25.2 Å². The first-order chi connectivity index (χ1) is 14.8. The van der Waals surface area contributed by atoms with Gasteiger partial charge in [-0.1, -0.05) is 13.8 Å². The van der Waals surface area contributed by atoms with Gasteiger partial charge in [-0.25, -0.2) is 9.59 Å². The van der Waals surface area contributed by atoms with Gasteiger partial charge in [0.15, 0.2) is 6.61 Å². The van der Waals surface area contributed by atoms with E-state index < -0.39 is 53.6 Å². The summed E-state index contributed by atoms with van der Waals surface area (Å²) in [5.41, 5.74) is -7.57. The first-order valence-electron chi connectivity index (χ1n) is 10.3. The maximum absolute atomic E-state index is 12.7. The number of rotatable bonds is 8. The molecular formula is C20H28F6O7. The van der Waals surface area contributed by atoms with Gasteiger partial charge in [0.25, 0.3) is 0 Å². The second-order valence-electron chi connectivity index (χ2n) is 8.63. The van der Waals surface area contributed by atoms with E-state index in [1.54, 1.807) is 20.8 Å². The van der Waals surface area contributed by atoms with Crippen molar-refractivity contribution in [2.24, 2.45) is 5.41 Å². The Hall–Kier alpha value is -2.05. The van der Waals surface area contributed by atoms with E-state index >= 15 is 0 Å². The van der Waals surface area contributed by atoms with Gasteiger partial charge < -0.3 is 19.3 Å². The Morgan fingerprint density at radius 2 is 1.42 bits per heavy atom. The van der Waals surface area contributed by atoms with E-state index in [4.69, 9.17) is 14.6 Å². The van der Waals surface area contributed by atoms with Gasteiger partial charge in [0, 0.05) is 0 Å². The molecule has 0 atom stereocenters. The van der Waals surface area contributed by atoms with E-state index in [1.165, 1.54) is 0 Å². The normalized spacial score (nSPS) is 22.5. The zero-order valence-corrected chi connectivity index (χ0v) is 18.7. The van der Waals surface area contributed by atoms with Crippen LogP contribution in [0.15, 0.2) is 0 Å². The molecule has 13 heteroatoms. The Morgan fingerprint density at radius 3 is 1.82 bits per heavy atom. The Bertz CT molecular complexity index is 707. The summed E-state index contributed by atoms with van der Waals surface area (Å²) in [4.78, 5) is 35.6. The summed E-state index contributed by atoms with van der Waals surface area (Å²) in [6, 6.07) is 0. The van der Waals surface area contributed by atoms with Gasteiger partial charge in [-0.05, 0) is 52.4 Å². The molecule has 7 nitrogen and oxygen atoms in total. The van der Waals surface area contributed by atoms with Crippen LogP contribution in [0.5, 0.6) is 0 Å². The number of ether oxygens (including phenoxy) is 3. The quantitative estimate of drug-likeness (QED) is 0.309. The predicted octanol–water partition coefficient (Wildman–Crippen LogP) is 4.00. The molecule has 192 valence electrons. The smallest absolute Gasteiger partial charge is 0.437 e. The van der Waals surface area contributed by atoms with Gasteiger partial charge in [-0.3, -0.25) is 4.79 Å². The minimum atomic E-state index is -6.42. The van der Waals surface area contributed by atoms with E-state index in [9.17, 15) is 40.7 Å². The number of alkyl halides is 6. The Morgan fingerprint density at radius 1 is 0.939 bits per heavy atom. The molecule has 1 saturated carbocycles. The highest BCUT2D eigenvalue weighted by atomic mass is 19.4. The van der Waals surface area contributed by atoms with Crippen molar-refractivity contribution in [1.29, 1.82) is 0 Å². The number of esters is 3. The zero-order valence-electron chi connectivity index (χ0n) is 18.7. The van der Waals surface area contributed by atoms with Crippen LogP contribution in [0.3, 0.4) is 0 Å². The van der Waals surface area contributed by atoms with Crippen molar-refractivity contribution in [3.63, 3.8) is 0 Å². The fraction of sp³-hybridized carbons (Fsp3) is 0.850. The molecule has 0 heterocycles. The van der Waals surface area contributed by atoms with Gasteiger partial charge in [-0.15, -0.1) is 0 Å². The molecule has 0 aliphatic heterocycles. The van der Waals surface area contributed by atoms with Crippen molar-refractivity contribution >= 4 is 17.9 Å². The average Bonchev–Trinajstić information content (AvgIpc) is 2.71. The number of hydrogen-bond acceptors (Lipinski definition) is 7. The zero-order chi connectivity index (χ0) is 25.9. The number of carbonyl (C=O) groups is 3. The topological polar surface area (TPSA) is 99.1 Å². The lowest BCUT2D eigenvalue weighted by atomic mass is 9.81. The maximum Gasteiger partial charge on any atom is 0.437 e. The van der Waals surface area contributed by atoms with Crippen LogP contribution in [-0.2, 0) is 28.6 Å². The van der Waals surface area contributed by atoms with Crippen molar-refractivity contribution in [1.82, 2.24) is 0 Å². The lowest BCUT2D eigenvalue weighted by Gasteiger charge is -2.39. The Labute approximate surface area is 186 Å². The van der Waals surface area contributed by atoms with Crippen molar-refractivity contribution < 1.29 is 60.0 Å². The minimum Gasteiger partial charge on any atom is -0.462 e. The van der Waals surface area contributed by atoms with Gasteiger partial charge in [0.05, 0.1) is 5.41 Å². The minimum absolute atomic E-state index is 0.211. The van der Waals surface area contributed by atoms with Crippen LogP contribution < -0.4 is 0 Å². The molecule has 1 rings (SSSR count). The van der Waals surface area contributed by atoms with Crippen molar-refractivity contribution in [3.8, 4) is 0 Å². The summed E-state index contributed by atoms with van der Waals surface area (Å²) >= 11 is 0. The van der Waals surface area contributed by atoms with Gasteiger partial charge in [-0.2, -0.15) is 26.3 Å². The summed E-state index contributed by atoms with van der Waals surface area (Å²) in [5, 5.41) is 8.94.